The predicted molar refractivity (Wildman–Crippen MR) is 127 cm³/mol. The lowest BCUT2D eigenvalue weighted by Gasteiger charge is -2.46. The van der Waals surface area contributed by atoms with Crippen LogP contribution in [0.4, 0.5) is 0 Å². The van der Waals surface area contributed by atoms with Crippen molar-refractivity contribution >= 4 is 23.4 Å². The molecule has 7 nitrogen and oxygen atoms in total. The molecular formula is C24H42ClN5O2. The molecule has 4 N–H and O–H groups in total. The molecule has 9 atom stereocenters. The van der Waals surface area contributed by atoms with Crippen LogP contribution in [0, 0.1) is 29.6 Å². The summed E-state index contributed by atoms with van der Waals surface area (Å²) in [6.07, 6.45) is 6.52. The Bertz CT molecular complexity index is 691. The van der Waals surface area contributed by atoms with E-state index in [0.29, 0.717) is 18.5 Å². The van der Waals surface area contributed by atoms with Gasteiger partial charge in [-0.3, -0.25) is 20.3 Å². The molecule has 3 saturated heterocycles. The van der Waals surface area contributed by atoms with Crippen molar-refractivity contribution in [2.75, 3.05) is 13.1 Å². The van der Waals surface area contributed by atoms with Gasteiger partial charge in [-0.05, 0) is 58.3 Å². The van der Waals surface area contributed by atoms with Gasteiger partial charge in [0.05, 0.1) is 12.1 Å². The van der Waals surface area contributed by atoms with Crippen molar-refractivity contribution in [3.05, 3.63) is 0 Å². The molecule has 8 heteroatoms. The molecule has 9 unspecified atom stereocenters. The van der Waals surface area contributed by atoms with E-state index in [1.807, 2.05) is 6.92 Å². The number of nitrogens with zero attached hydrogens (tertiary/aromatic N) is 1. The molecule has 2 amide bonds. The Kier molecular flexibility index (Phi) is 7.70. The third-order valence-corrected chi connectivity index (χ3v) is 8.94. The summed E-state index contributed by atoms with van der Waals surface area (Å²) < 4.78 is 0. The fourth-order valence-electron chi connectivity index (χ4n) is 6.62. The third kappa shape index (κ3) is 4.96. The first-order valence-electron chi connectivity index (χ1n) is 12.8. The fourth-order valence-corrected chi connectivity index (χ4v) is 7.08. The number of fused-ring (bicyclic) bond motifs is 1. The highest BCUT2D eigenvalue weighted by molar-refractivity contribution is 6.20. The molecule has 4 aliphatic rings. The van der Waals surface area contributed by atoms with Gasteiger partial charge in [0.15, 0.2) is 0 Å². The Morgan fingerprint density at radius 1 is 1.19 bits per heavy atom. The molecule has 4 fully saturated rings. The highest BCUT2D eigenvalue weighted by atomic mass is 35.5. The second kappa shape index (κ2) is 10.2. The second-order valence-corrected chi connectivity index (χ2v) is 11.6. The Hall–Kier alpha value is -0.890. The summed E-state index contributed by atoms with van der Waals surface area (Å²) >= 11 is 6.78. The molecule has 0 spiro atoms. The van der Waals surface area contributed by atoms with Crippen LogP contribution < -0.4 is 21.4 Å². The lowest BCUT2D eigenvalue weighted by Crippen LogP contribution is -2.62. The number of hydrogen-bond acceptors (Lipinski definition) is 5. The minimum Gasteiger partial charge on any atom is -0.355 e. The Morgan fingerprint density at radius 2 is 1.94 bits per heavy atom. The number of amides is 2. The van der Waals surface area contributed by atoms with Gasteiger partial charge in [-0.25, -0.2) is 5.01 Å². The molecule has 3 aliphatic heterocycles. The Labute approximate surface area is 198 Å². The Balaban J connectivity index is 1.46. The van der Waals surface area contributed by atoms with Crippen LogP contribution in [0.25, 0.3) is 0 Å². The van der Waals surface area contributed by atoms with Gasteiger partial charge in [-0.1, -0.05) is 19.8 Å². The first-order valence-corrected chi connectivity index (χ1v) is 13.2. The van der Waals surface area contributed by atoms with Gasteiger partial charge in [0, 0.05) is 48.4 Å². The number of alkyl halides is 1. The monoisotopic (exact) mass is 467 g/mol. The van der Waals surface area contributed by atoms with Crippen LogP contribution in [0.2, 0.25) is 0 Å². The summed E-state index contributed by atoms with van der Waals surface area (Å²) in [7, 11) is 0. The number of nitrogens with one attached hydrogen (secondary N) is 4. The maximum Gasteiger partial charge on any atom is 0.225 e. The van der Waals surface area contributed by atoms with Crippen LogP contribution in [0.1, 0.15) is 66.2 Å². The summed E-state index contributed by atoms with van der Waals surface area (Å²) in [6, 6.07) is 0.793. The van der Waals surface area contributed by atoms with Crippen LogP contribution in [0.3, 0.4) is 0 Å². The maximum absolute atomic E-state index is 13.5. The SMILES string of the molecule is CC1CC(C)C(CNC(=O)C2CC(C3CCCCC3Cl)NC3C2CNN3C(C)C)C(=O)N1. The first-order chi connectivity index (χ1) is 15.3. The summed E-state index contributed by atoms with van der Waals surface area (Å²) in [6.45, 7) is 9.76. The van der Waals surface area contributed by atoms with E-state index in [0.717, 1.165) is 32.2 Å². The Morgan fingerprint density at radius 3 is 2.62 bits per heavy atom. The number of piperidine rings is 2. The van der Waals surface area contributed by atoms with E-state index in [1.54, 1.807) is 0 Å². The van der Waals surface area contributed by atoms with E-state index in [4.69, 9.17) is 11.6 Å². The van der Waals surface area contributed by atoms with Crippen molar-refractivity contribution in [1.29, 1.82) is 0 Å². The average molecular weight is 468 g/mol. The van der Waals surface area contributed by atoms with Gasteiger partial charge >= 0.3 is 0 Å². The van der Waals surface area contributed by atoms with Crippen molar-refractivity contribution < 1.29 is 9.59 Å². The number of rotatable bonds is 5. The molecule has 0 aromatic carbocycles. The zero-order valence-corrected chi connectivity index (χ0v) is 20.8. The zero-order chi connectivity index (χ0) is 23.0. The summed E-state index contributed by atoms with van der Waals surface area (Å²) in [4.78, 5) is 26.0. The van der Waals surface area contributed by atoms with Gasteiger partial charge in [-0.15, -0.1) is 11.6 Å². The number of carbonyl (C=O) groups excluding carboxylic acids is 2. The minimum atomic E-state index is -0.150. The van der Waals surface area contributed by atoms with Crippen molar-refractivity contribution in [2.45, 2.75) is 95.9 Å². The van der Waals surface area contributed by atoms with Gasteiger partial charge in [0.2, 0.25) is 11.8 Å². The van der Waals surface area contributed by atoms with Crippen molar-refractivity contribution in [3.63, 3.8) is 0 Å². The molecule has 182 valence electrons. The fraction of sp³-hybridized carbons (Fsp3) is 0.917. The topological polar surface area (TPSA) is 85.5 Å². The minimum absolute atomic E-state index is 0.0679. The summed E-state index contributed by atoms with van der Waals surface area (Å²) in [5.74, 6) is 0.830. The van der Waals surface area contributed by atoms with Crippen LogP contribution in [-0.4, -0.2) is 59.6 Å². The van der Waals surface area contributed by atoms with Gasteiger partial charge < -0.3 is 10.6 Å². The van der Waals surface area contributed by atoms with E-state index < -0.39 is 0 Å². The molecule has 1 aliphatic carbocycles. The molecular weight excluding hydrogens is 426 g/mol. The molecule has 32 heavy (non-hydrogen) atoms. The first kappa shape index (κ1) is 24.2. The van der Waals surface area contributed by atoms with E-state index >= 15 is 0 Å². The van der Waals surface area contributed by atoms with E-state index in [2.05, 4.69) is 47.2 Å². The highest BCUT2D eigenvalue weighted by Crippen LogP contribution is 2.39. The lowest BCUT2D eigenvalue weighted by molar-refractivity contribution is -0.132. The molecule has 1 saturated carbocycles. The number of hydrogen-bond donors (Lipinski definition) is 4. The highest BCUT2D eigenvalue weighted by Gasteiger charge is 2.50. The van der Waals surface area contributed by atoms with Crippen molar-refractivity contribution in [1.82, 2.24) is 26.4 Å². The van der Waals surface area contributed by atoms with Crippen LogP contribution >= 0.6 is 11.6 Å². The van der Waals surface area contributed by atoms with Crippen molar-refractivity contribution in [3.8, 4) is 0 Å². The largest absolute Gasteiger partial charge is 0.355 e. The molecule has 3 heterocycles. The number of carbonyl (C=O) groups is 2. The number of halogens is 1. The molecule has 4 rings (SSSR count). The van der Waals surface area contributed by atoms with E-state index in [9.17, 15) is 9.59 Å². The van der Waals surface area contributed by atoms with Gasteiger partial charge in [0.25, 0.3) is 0 Å². The summed E-state index contributed by atoms with van der Waals surface area (Å²) in [5, 5.41) is 12.6. The smallest absolute Gasteiger partial charge is 0.225 e. The predicted octanol–water partition coefficient (Wildman–Crippen LogP) is 2.21. The second-order valence-electron chi connectivity index (χ2n) is 11.0. The third-order valence-electron chi connectivity index (χ3n) is 8.40. The summed E-state index contributed by atoms with van der Waals surface area (Å²) in [5.41, 5.74) is 3.54. The van der Waals surface area contributed by atoms with Gasteiger partial charge in [-0.2, -0.15) is 0 Å². The normalized spacial score (nSPS) is 43.1. The zero-order valence-electron chi connectivity index (χ0n) is 20.1. The van der Waals surface area contributed by atoms with Crippen LogP contribution in [0.5, 0.6) is 0 Å². The standard InChI is InChI=1S/C24H42ClN5O2/c1-13(2)30-22-19(12-27-30)17(10-21(29-22)16-7-5-6-8-20(16)25)23(31)26-11-18-14(3)9-15(4)28-24(18)32/h13-22,27,29H,5-12H2,1-4H3,(H,26,31)(H,28,32). The van der Waals surface area contributed by atoms with Crippen LogP contribution in [0.15, 0.2) is 0 Å². The van der Waals surface area contributed by atoms with Gasteiger partial charge in [0.1, 0.15) is 0 Å². The number of hydrazine groups is 1. The quantitative estimate of drug-likeness (QED) is 0.466. The van der Waals surface area contributed by atoms with E-state index in [1.165, 1.54) is 12.8 Å². The maximum atomic E-state index is 13.5. The molecule has 0 radical (unpaired) electrons. The molecule has 0 aromatic rings. The molecule has 0 bridgehead atoms. The molecule has 0 aromatic heterocycles. The van der Waals surface area contributed by atoms with E-state index in [-0.39, 0.29) is 59.1 Å². The van der Waals surface area contributed by atoms with Crippen LogP contribution in [-0.2, 0) is 9.59 Å². The average Bonchev–Trinajstić information content (AvgIpc) is 3.16. The lowest BCUT2D eigenvalue weighted by atomic mass is 9.73. The van der Waals surface area contributed by atoms with Crippen molar-refractivity contribution in [2.24, 2.45) is 29.6 Å².